The number of carboxylic acids is 1. The highest BCUT2D eigenvalue weighted by atomic mass is 79.9. The second-order valence-corrected chi connectivity index (χ2v) is 6.20. The molecule has 21 heavy (non-hydrogen) atoms. The normalized spacial score (nSPS) is 12.1. The first-order valence-electron chi connectivity index (χ1n) is 6.64. The van der Waals surface area contributed by atoms with Crippen LogP contribution in [0.2, 0.25) is 0 Å². The van der Waals surface area contributed by atoms with Gasteiger partial charge in [0.15, 0.2) is 6.61 Å². The topological polar surface area (TPSA) is 75.6 Å². The molecule has 0 radical (unpaired) electrons. The van der Waals surface area contributed by atoms with E-state index in [-0.39, 0.29) is 12.5 Å². The Morgan fingerprint density at radius 1 is 1.29 bits per heavy atom. The summed E-state index contributed by atoms with van der Waals surface area (Å²) in [5, 5.41) is 11.5. The van der Waals surface area contributed by atoms with E-state index in [9.17, 15) is 9.59 Å². The molecule has 0 fully saturated rings. The van der Waals surface area contributed by atoms with Crippen molar-refractivity contribution in [3.8, 4) is 5.75 Å². The van der Waals surface area contributed by atoms with Crippen molar-refractivity contribution in [1.82, 2.24) is 5.32 Å². The van der Waals surface area contributed by atoms with Gasteiger partial charge < -0.3 is 15.2 Å². The summed E-state index contributed by atoms with van der Waals surface area (Å²) in [5.41, 5.74) is 1.82. The smallest absolute Gasteiger partial charge is 0.326 e. The van der Waals surface area contributed by atoms with E-state index in [1.165, 1.54) is 0 Å². The highest BCUT2D eigenvalue weighted by Gasteiger charge is 2.23. The van der Waals surface area contributed by atoms with Crippen LogP contribution in [0.3, 0.4) is 0 Å². The number of aryl methyl sites for hydroxylation is 2. The molecule has 0 spiro atoms. The minimum atomic E-state index is -1.05. The van der Waals surface area contributed by atoms with Crippen molar-refractivity contribution < 1.29 is 19.4 Å². The average molecular weight is 358 g/mol. The summed E-state index contributed by atoms with van der Waals surface area (Å²) >= 11 is 3.39. The molecule has 0 saturated heterocycles. The number of rotatable bonds is 6. The van der Waals surface area contributed by atoms with Crippen LogP contribution in [-0.2, 0) is 9.59 Å². The molecule has 1 unspecified atom stereocenters. The maximum absolute atomic E-state index is 11.8. The van der Waals surface area contributed by atoms with Crippen molar-refractivity contribution in [3.63, 3.8) is 0 Å². The summed E-state index contributed by atoms with van der Waals surface area (Å²) in [7, 11) is 0. The molecule has 0 aliphatic rings. The van der Waals surface area contributed by atoms with E-state index >= 15 is 0 Å². The molecule has 0 aliphatic heterocycles. The molecule has 0 aromatic heterocycles. The Labute approximate surface area is 132 Å². The molecule has 0 saturated carbocycles. The van der Waals surface area contributed by atoms with Crippen LogP contribution in [0.25, 0.3) is 0 Å². The van der Waals surface area contributed by atoms with Gasteiger partial charge in [-0.05, 0) is 43.0 Å². The van der Waals surface area contributed by atoms with E-state index in [1.807, 2.05) is 26.0 Å². The first-order valence-corrected chi connectivity index (χ1v) is 7.43. The number of carboxylic acid groups (broad SMARTS) is 1. The van der Waals surface area contributed by atoms with Gasteiger partial charge in [0, 0.05) is 4.47 Å². The predicted molar refractivity (Wildman–Crippen MR) is 83.5 cm³/mol. The highest BCUT2D eigenvalue weighted by Crippen LogP contribution is 2.27. The van der Waals surface area contributed by atoms with E-state index < -0.39 is 17.9 Å². The fraction of sp³-hybridized carbons (Fsp3) is 0.467. The number of aliphatic carboxylic acids is 1. The van der Waals surface area contributed by atoms with Gasteiger partial charge in [-0.3, -0.25) is 4.79 Å². The summed E-state index contributed by atoms with van der Waals surface area (Å²) in [6, 6.07) is 2.89. The van der Waals surface area contributed by atoms with Gasteiger partial charge in [0.1, 0.15) is 11.8 Å². The Morgan fingerprint density at radius 3 is 2.24 bits per heavy atom. The van der Waals surface area contributed by atoms with Gasteiger partial charge in [-0.25, -0.2) is 4.79 Å². The summed E-state index contributed by atoms with van der Waals surface area (Å²) < 4.78 is 6.46. The Bertz CT molecular complexity index is 519. The van der Waals surface area contributed by atoms with Gasteiger partial charge in [0.05, 0.1) is 0 Å². The standard InChI is InChI=1S/C15H20BrNO4/c1-8(2)13(15(19)20)17-12(18)7-21-14-9(3)5-11(16)6-10(14)4/h5-6,8,13H,7H2,1-4H3,(H,17,18)(H,19,20). The average Bonchev–Trinajstić information content (AvgIpc) is 2.33. The third-order valence-corrected chi connectivity index (χ3v) is 3.48. The molecular formula is C15H20BrNO4. The quantitative estimate of drug-likeness (QED) is 0.820. The maximum Gasteiger partial charge on any atom is 0.326 e. The number of carbonyl (C=O) groups excluding carboxylic acids is 1. The molecule has 0 heterocycles. The highest BCUT2D eigenvalue weighted by molar-refractivity contribution is 9.10. The van der Waals surface area contributed by atoms with Crippen molar-refractivity contribution >= 4 is 27.8 Å². The van der Waals surface area contributed by atoms with Crippen molar-refractivity contribution in [1.29, 1.82) is 0 Å². The second kappa shape index (κ2) is 7.45. The van der Waals surface area contributed by atoms with Crippen LogP contribution >= 0.6 is 15.9 Å². The Kier molecular flexibility index (Phi) is 6.20. The summed E-state index contributed by atoms with van der Waals surface area (Å²) in [6.07, 6.45) is 0. The molecule has 1 rings (SSSR count). The summed E-state index contributed by atoms with van der Waals surface area (Å²) in [4.78, 5) is 22.9. The summed E-state index contributed by atoms with van der Waals surface area (Å²) in [5.74, 6) is -1.04. The van der Waals surface area contributed by atoms with Crippen molar-refractivity contribution in [3.05, 3.63) is 27.7 Å². The molecular weight excluding hydrogens is 338 g/mol. The van der Waals surface area contributed by atoms with Crippen LogP contribution in [0.15, 0.2) is 16.6 Å². The zero-order chi connectivity index (χ0) is 16.2. The lowest BCUT2D eigenvalue weighted by Crippen LogP contribution is -2.46. The van der Waals surface area contributed by atoms with Crippen LogP contribution in [0.1, 0.15) is 25.0 Å². The lowest BCUT2D eigenvalue weighted by Gasteiger charge is -2.18. The molecule has 6 heteroatoms. The van der Waals surface area contributed by atoms with E-state index in [1.54, 1.807) is 13.8 Å². The molecule has 0 aliphatic carbocycles. The first kappa shape index (κ1) is 17.5. The van der Waals surface area contributed by atoms with Crippen molar-refractivity contribution in [2.24, 2.45) is 5.92 Å². The van der Waals surface area contributed by atoms with Crippen LogP contribution < -0.4 is 10.1 Å². The van der Waals surface area contributed by atoms with Gasteiger partial charge in [-0.2, -0.15) is 0 Å². The second-order valence-electron chi connectivity index (χ2n) is 5.28. The molecule has 116 valence electrons. The largest absolute Gasteiger partial charge is 0.483 e. The predicted octanol–water partition coefficient (Wildman–Crippen LogP) is 2.67. The third kappa shape index (κ3) is 5.04. The fourth-order valence-corrected chi connectivity index (χ4v) is 2.68. The van der Waals surface area contributed by atoms with Gasteiger partial charge in [-0.15, -0.1) is 0 Å². The Morgan fingerprint density at radius 2 is 1.81 bits per heavy atom. The molecule has 1 aromatic carbocycles. The Hall–Kier alpha value is -1.56. The lowest BCUT2D eigenvalue weighted by molar-refractivity contribution is -0.143. The van der Waals surface area contributed by atoms with Crippen LogP contribution in [0, 0.1) is 19.8 Å². The fourth-order valence-electron chi connectivity index (χ4n) is 1.99. The lowest BCUT2D eigenvalue weighted by atomic mass is 10.1. The first-order chi connectivity index (χ1) is 9.72. The third-order valence-electron chi connectivity index (χ3n) is 3.02. The van der Waals surface area contributed by atoms with Gasteiger partial charge in [0.2, 0.25) is 0 Å². The molecule has 1 aromatic rings. The monoisotopic (exact) mass is 357 g/mol. The SMILES string of the molecule is Cc1cc(Br)cc(C)c1OCC(=O)NC(C(=O)O)C(C)C. The van der Waals surface area contributed by atoms with Crippen LogP contribution in [0.5, 0.6) is 5.75 Å². The van der Waals surface area contributed by atoms with Crippen LogP contribution in [0.4, 0.5) is 0 Å². The minimum Gasteiger partial charge on any atom is -0.483 e. The summed E-state index contributed by atoms with van der Waals surface area (Å²) in [6.45, 7) is 7.05. The maximum atomic E-state index is 11.8. The van der Waals surface area contributed by atoms with E-state index in [0.29, 0.717) is 5.75 Å². The zero-order valence-electron chi connectivity index (χ0n) is 12.6. The number of ether oxygens (including phenoxy) is 1. The number of benzene rings is 1. The number of hydrogen-bond donors (Lipinski definition) is 2. The molecule has 2 N–H and O–H groups in total. The van der Waals surface area contributed by atoms with E-state index in [2.05, 4.69) is 21.2 Å². The van der Waals surface area contributed by atoms with Gasteiger partial charge in [0.25, 0.3) is 5.91 Å². The van der Waals surface area contributed by atoms with Gasteiger partial charge >= 0.3 is 5.97 Å². The van der Waals surface area contributed by atoms with Crippen LogP contribution in [-0.4, -0.2) is 29.6 Å². The molecule has 1 atom stereocenters. The van der Waals surface area contributed by atoms with Crippen molar-refractivity contribution in [2.75, 3.05) is 6.61 Å². The van der Waals surface area contributed by atoms with Gasteiger partial charge in [-0.1, -0.05) is 29.8 Å². The molecule has 5 nitrogen and oxygen atoms in total. The number of halogens is 1. The van der Waals surface area contributed by atoms with E-state index in [4.69, 9.17) is 9.84 Å². The zero-order valence-corrected chi connectivity index (χ0v) is 14.2. The van der Waals surface area contributed by atoms with Crippen molar-refractivity contribution in [2.45, 2.75) is 33.7 Å². The number of nitrogens with one attached hydrogen (secondary N) is 1. The molecule has 1 amide bonds. The Balaban J connectivity index is 2.67. The molecule has 0 bridgehead atoms. The number of hydrogen-bond acceptors (Lipinski definition) is 3. The van der Waals surface area contributed by atoms with E-state index in [0.717, 1.165) is 15.6 Å². The number of amides is 1. The minimum absolute atomic E-state index is 0.192. The number of carbonyl (C=O) groups is 2.